The molecule has 0 unspecified atom stereocenters. The van der Waals surface area contributed by atoms with E-state index in [-0.39, 0.29) is 18.4 Å². The standard InChI is InChI=1S/C11H18N2.ClH/c1-8-3-4-10(9(2)7-8)11(13)5-6-12;/h3-4,7,11H,5-6,12-13H2,1-2H3;1H/t11-;/m0./s1. The lowest BCUT2D eigenvalue weighted by Crippen LogP contribution is -2.16. The molecule has 3 heteroatoms. The van der Waals surface area contributed by atoms with Gasteiger partial charge in [-0.05, 0) is 37.9 Å². The second-order valence-electron chi connectivity index (χ2n) is 3.54. The van der Waals surface area contributed by atoms with Gasteiger partial charge in [0, 0.05) is 6.04 Å². The van der Waals surface area contributed by atoms with Crippen LogP contribution >= 0.6 is 12.4 Å². The number of halogens is 1. The van der Waals surface area contributed by atoms with E-state index in [1.165, 1.54) is 16.7 Å². The van der Waals surface area contributed by atoms with Gasteiger partial charge in [0.05, 0.1) is 0 Å². The Kier molecular flexibility index (Phi) is 5.77. The summed E-state index contributed by atoms with van der Waals surface area (Å²) < 4.78 is 0. The van der Waals surface area contributed by atoms with Crippen LogP contribution in [0.1, 0.15) is 29.2 Å². The van der Waals surface area contributed by atoms with Crippen molar-refractivity contribution in [3.63, 3.8) is 0 Å². The van der Waals surface area contributed by atoms with E-state index in [4.69, 9.17) is 11.5 Å². The Labute approximate surface area is 92.1 Å². The average molecular weight is 215 g/mol. The van der Waals surface area contributed by atoms with E-state index >= 15 is 0 Å². The van der Waals surface area contributed by atoms with E-state index in [0.717, 1.165) is 6.42 Å². The zero-order valence-corrected chi connectivity index (χ0v) is 9.60. The van der Waals surface area contributed by atoms with Crippen LogP contribution < -0.4 is 11.5 Å². The molecule has 4 N–H and O–H groups in total. The molecule has 0 saturated heterocycles. The van der Waals surface area contributed by atoms with Crippen LogP contribution in [0.25, 0.3) is 0 Å². The Morgan fingerprint density at radius 1 is 1.29 bits per heavy atom. The fourth-order valence-electron chi connectivity index (χ4n) is 1.58. The van der Waals surface area contributed by atoms with E-state index in [2.05, 4.69) is 32.0 Å². The van der Waals surface area contributed by atoms with Crippen molar-refractivity contribution in [1.82, 2.24) is 0 Å². The minimum atomic E-state index is 0. The molecule has 1 rings (SSSR count). The molecule has 1 aromatic rings. The van der Waals surface area contributed by atoms with Crippen molar-refractivity contribution in [2.75, 3.05) is 6.54 Å². The van der Waals surface area contributed by atoms with Crippen molar-refractivity contribution < 1.29 is 0 Å². The predicted octanol–water partition coefficient (Wildman–Crippen LogP) is 2.07. The fourth-order valence-corrected chi connectivity index (χ4v) is 1.58. The molecule has 1 aromatic carbocycles. The molecule has 0 spiro atoms. The van der Waals surface area contributed by atoms with Gasteiger partial charge in [0.2, 0.25) is 0 Å². The zero-order chi connectivity index (χ0) is 9.84. The maximum absolute atomic E-state index is 5.98. The molecule has 0 aromatic heterocycles. The summed E-state index contributed by atoms with van der Waals surface area (Å²) in [6, 6.07) is 6.45. The number of rotatable bonds is 3. The van der Waals surface area contributed by atoms with Crippen LogP contribution in [0.2, 0.25) is 0 Å². The van der Waals surface area contributed by atoms with Gasteiger partial charge in [0.15, 0.2) is 0 Å². The van der Waals surface area contributed by atoms with Crippen molar-refractivity contribution in [2.45, 2.75) is 26.3 Å². The third kappa shape index (κ3) is 3.29. The van der Waals surface area contributed by atoms with E-state index < -0.39 is 0 Å². The maximum Gasteiger partial charge on any atom is 0.0309 e. The Morgan fingerprint density at radius 2 is 1.93 bits per heavy atom. The molecule has 0 heterocycles. The topological polar surface area (TPSA) is 52.0 Å². The van der Waals surface area contributed by atoms with Gasteiger partial charge >= 0.3 is 0 Å². The molecule has 0 amide bonds. The van der Waals surface area contributed by atoms with Crippen molar-refractivity contribution in [3.05, 3.63) is 34.9 Å². The van der Waals surface area contributed by atoms with Crippen molar-refractivity contribution in [1.29, 1.82) is 0 Å². The molecule has 0 radical (unpaired) electrons. The van der Waals surface area contributed by atoms with Gasteiger partial charge in [0.1, 0.15) is 0 Å². The molecule has 0 aliphatic rings. The highest BCUT2D eigenvalue weighted by atomic mass is 35.5. The third-order valence-corrected chi connectivity index (χ3v) is 2.30. The number of aryl methyl sites for hydroxylation is 2. The highest BCUT2D eigenvalue weighted by molar-refractivity contribution is 5.85. The molecule has 0 saturated carbocycles. The fraction of sp³-hybridized carbons (Fsp3) is 0.455. The number of benzene rings is 1. The smallest absolute Gasteiger partial charge is 0.0309 e. The average Bonchev–Trinajstić information content (AvgIpc) is 2.04. The quantitative estimate of drug-likeness (QED) is 0.810. The predicted molar refractivity (Wildman–Crippen MR) is 63.8 cm³/mol. The highest BCUT2D eigenvalue weighted by Gasteiger charge is 2.07. The summed E-state index contributed by atoms with van der Waals surface area (Å²) >= 11 is 0. The van der Waals surface area contributed by atoms with Gasteiger partial charge < -0.3 is 11.5 Å². The van der Waals surface area contributed by atoms with Crippen molar-refractivity contribution in [2.24, 2.45) is 11.5 Å². The Hall–Kier alpha value is -0.570. The summed E-state index contributed by atoms with van der Waals surface area (Å²) in [7, 11) is 0. The lowest BCUT2D eigenvalue weighted by molar-refractivity contribution is 0.657. The molecular formula is C11H19ClN2. The SMILES string of the molecule is Cc1ccc([C@@H](N)CCN)c(C)c1.Cl. The first kappa shape index (κ1) is 13.4. The zero-order valence-electron chi connectivity index (χ0n) is 8.79. The van der Waals surface area contributed by atoms with Crippen LogP contribution in [0.3, 0.4) is 0 Å². The Bertz CT molecular complexity index is 287. The second kappa shape index (κ2) is 6.02. The molecule has 0 aliphatic heterocycles. The Morgan fingerprint density at radius 3 is 2.43 bits per heavy atom. The first-order valence-electron chi connectivity index (χ1n) is 4.68. The molecule has 1 atom stereocenters. The minimum absolute atomic E-state index is 0. The highest BCUT2D eigenvalue weighted by Crippen LogP contribution is 2.18. The summed E-state index contributed by atoms with van der Waals surface area (Å²) in [4.78, 5) is 0. The molecule has 14 heavy (non-hydrogen) atoms. The largest absolute Gasteiger partial charge is 0.330 e. The minimum Gasteiger partial charge on any atom is -0.330 e. The second-order valence-corrected chi connectivity index (χ2v) is 3.54. The summed E-state index contributed by atoms with van der Waals surface area (Å²) in [6.45, 7) is 4.83. The van der Waals surface area contributed by atoms with Crippen molar-refractivity contribution in [3.8, 4) is 0 Å². The van der Waals surface area contributed by atoms with Gasteiger partial charge in [-0.2, -0.15) is 0 Å². The third-order valence-electron chi connectivity index (χ3n) is 2.30. The van der Waals surface area contributed by atoms with Crippen molar-refractivity contribution >= 4 is 12.4 Å². The molecular weight excluding hydrogens is 196 g/mol. The van der Waals surface area contributed by atoms with Gasteiger partial charge in [-0.1, -0.05) is 23.8 Å². The van der Waals surface area contributed by atoms with Crippen LogP contribution in [-0.4, -0.2) is 6.54 Å². The molecule has 80 valence electrons. The van der Waals surface area contributed by atoms with E-state index in [1.54, 1.807) is 0 Å². The van der Waals surface area contributed by atoms with E-state index in [9.17, 15) is 0 Å². The van der Waals surface area contributed by atoms with Gasteiger partial charge in [0.25, 0.3) is 0 Å². The first-order valence-corrected chi connectivity index (χ1v) is 4.68. The van der Waals surface area contributed by atoms with Crippen LogP contribution in [0.15, 0.2) is 18.2 Å². The van der Waals surface area contributed by atoms with E-state index in [1.807, 2.05) is 0 Å². The molecule has 0 bridgehead atoms. The number of hydrogen-bond acceptors (Lipinski definition) is 2. The molecule has 0 fully saturated rings. The van der Waals surface area contributed by atoms with Crippen LogP contribution in [-0.2, 0) is 0 Å². The van der Waals surface area contributed by atoms with Gasteiger partial charge in [-0.15, -0.1) is 12.4 Å². The monoisotopic (exact) mass is 214 g/mol. The lowest BCUT2D eigenvalue weighted by Gasteiger charge is -2.13. The van der Waals surface area contributed by atoms with Crippen LogP contribution in [0, 0.1) is 13.8 Å². The normalized spacial score (nSPS) is 12.0. The Balaban J connectivity index is 0.00000169. The van der Waals surface area contributed by atoms with E-state index in [0.29, 0.717) is 6.54 Å². The van der Waals surface area contributed by atoms with Crippen LogP contribution in [0.4, 0.5) is 0 Å². The molecule has 2 nitrogen and oxygen atoms in total. The first-order chi connectivity index (χ1) is 6.15. The summed E-state index contributed by atoms with van der Waals surface area (Å²) in [5.41, 5.74) is 15.2. The maximum atomic E-state index is 5.98. The molecule has 0 aliphatic carbocycles. The summed E-state index contributed by atoms with van der Waals surface area (Å²) in [5, 5.41) is 0. The lowest BCUT2D eigenvalue weighted by atomic mass is 9.98. The van der Waals surface area contributed by atoms with Gasteiger partial charge in [-0.3, -0.25) is 0 Å². The van der Waals surface area contributed by atoms with Crippen LogP contribution in [0.5, 0.6) is 0 Å². The number of nitrogens with two attached hydrogens (primary N) is 2. The summed E-state index contributed by atoms with van der Waals surface area (Å²) in [6.07, 6.45) is 0.851. The summed E-state index contributed by atoms with van der Waals surface area (Å²) in [5.74, 6) is 0. The van der Waals surface area contributed by atoms with Gasteiger partial charge in [-0.25, -0.2) is 0 Å². The number of hydrogen-bond donors (Lipinski definition) is 2.